The van der Waals surface area contributed by atoms with Crippen LogP contribution in [0.1, 0.15) is 52.9 Å². The van der Waals surface area contributed by atoms with Crippen LogP contribution in [0, 0.1) is 5.41 Å². The van der Waals surface area contributed by atoms with Gasteiger partial charge in [0.05, 0.1) is 12.6 Å². The summed E-state index contributed by atoms with van der Waals surface area (Å²) >= 11 is 0. The molecule has 1 amide bonds. The molecule has 0 bridgehead atoms. The standard InChI is InChI=1S/C15H25NO5/c1-13(2,3)21-12(19)16-15(6-5-7-15)14(8-9-14)10(17)11(18)20-4/h10,17H,5-9H2,1-4H3,(H,16,19). The Morgan fingerprint density at radius 3 is 2.10 bits per heavy atom. The number of hydrogen-bond acceptors (Lipinski definition) is 5. The third-order valence-corrected chi connectivity index (χ3v) is 4.64. The monoisotopic (exact) mass is 299 g/mol. The van der Waals surface area contributed by atoms with Crippen LogP contribution in [0.5, 0.6) is 0 Å². The lowest BCUT2D eigenvalue weighted by Gasteiger charge is -2.50. The zero-order valence-electron chi connectivity index (χ0n) is 13.2. The van der Waals surface area contributed by atoms with Crippen molar-refractivity contribution in [1.29, 1.82) is 0 Å². The van der Waals surface area contributed by atoms with E-state index in [0.717, 1.165) is 19.3 Å². The SMILES string of the molecule is COC(=O)C(O)C1(C2(NC(=O)OC(C)(C)C)CCC2)CC1. The van der Waals surface area contributed by atoms with Gasteiger partial charge in [-0.25, -0.2) is 9.59 Å². The Morgan fingerprint density at radius 1 is 1.19 bits per heavy atom. The highest BCUT2D eigenvalue weighted by molar-refractivity contribution is 5.77. The molecule has 1 unspecified atom stereocenters. The lowest BCUT2D eigenvalue weighted by Crippen LogP contribution is -2.64. The van der Waals surface area contributed by atoms with E-state index in [1.54, 1.807) is 20.8 Å². The molecule has 0 aromatic rings. The molecule has 0 aliphatic heterocycles. The molecule has 2 fully saturated rings. The summed E-state index contributed by atoms with van der Waals surface area (Å²) in [6, 6.07) is 0. The number of methoxy groups -OCH3 is 1. The quantitative estimate of drug-likeness (QED) is 0.773. The predicted molar refractivity (Wildman–Crippen MR) is 75.6 cm³/mol. The third kappa shape index (κ3) is 2.86. The van der Waals surface area contributed by atoms with Crippen LogP contribution in [-0.4, -0.2) is 41.5 Å². The first-order valence-corrected chi connectivity index (χ1v) is 7.43. The minimum Gasteiger partial charge on any atom is -0.467 e. The lowest BCUT2D eigenvalue weighted by molar-refractivity contribution is -0.159. The second-order valence-corrected chi connectivity index (χ2v) is 7.14. The molecule has 21 heavy (non-hydrogen) atoms. The number of aliphatic hydroxyl groups is 1. The molecule has 1 atom stereocenters. The van der Waals surface area contributed by atoms with Gasteiger partial charge in [0, 0.05) is 5.41 Å². The van der Waals surface area contributed by atoms with Gasteiger partial charge in [-0.15, -0.1) is 0 Å². The van der Waals surface area contributed by atoms with Crippen molar-refractivity contribution < 1.29 is 24.2 Å². The first-order chi connectivity index (χ1) is 9.66. The number of nitrogens with one attached hydrogen (secondary N) is 1. The first-order valence-electron chi connectivity index (χ1n) is 7.43. The number of carbonyl (C=O) groups is 2. The highest BCUT2D eigenvalue weighted by Gasteiger charge is 2.68. The van der Waals surface area contributed by atoms with E-state index in [1.165, 1.54) is 7.11 Å². The fraction of sp³-hybridized carbons (Fsp3) is 0.867. The van der Waals surface area contributed by atoms with Gasteiger partial charge in [0.15, 0.2) is 6.10 Å². The second kappa shape index (κ2) is 5.16. The smallest absolute Gasteiger partial charge is 0.408 e. The van der Waals surface area contributed by atoms with E-state index in [9.17, 15) is 14.7 Å². The minimum atomic E-state index is -1.20. The highest BCUT2D eigenvalue weighted by atomic mass is 16.6. The summed E-state index contributed by atoms with van der Waals surface area (Å²) in [7, 11) is 1.26. The topological polar surface area (TPSA) is 84.9 Å². The van der Waals surface area contributed by atoms with Gasteiger partial charge in [-0.1, -0.05) is 0 Å². The molecule has 0 spiro atoms. The molecule has 2 N–H and O–H groups in total. The number of esters is 1. The Bertz CT molecular complexity index is 432. The van der Waals surface area contributed by atoms with Crippen LogP contribution >= 0.6 is 0 Å². The van der Waals surface area contributed by atoms with Crippen molar-refractivity contribution >= 4 is 12.1 Å². The van der Waals surface area contributed by atoms with Crippen molar-refractivity contribution in [2.45, 2.75) is 70.1 Å². The second-order valence-electron chi connectivity index (χ2n) is 7.14. The van der Waals surface area contributed by atoms with Gasteiger partial charge in [-0.3, -0.25) is 0 Å². The first kappa shape index (κ1) is 16.1. The molecular formula is C15H25NO5. The summed E-state index contributed by atoms with van der Waals surface area (Å²) in [4.78, 5) is 23.8. The molecule has 2 aliphatic rings. The number of aliphatic hydroxyl groups excluding tert-OH is 1. The molecule has 0 saturated heterocycles. The average molecular weight is 299 g/mol. The number of hydrogen-bond donors (Lipinski definition) is 2. The summed E-state index contributed by atoms with van der Waals surface area (Å²) < 4.78 is 9.97. The zero-order valence-corrected chi connectivity index (χ0v) is 13.2. The van der Waals surface area contributed by atoms with Crippen LogP contribution in [-0.2, 0) is 14.3 Å². The molecule has 2 saturated carbocycles. The van der Waals surface area contributed by atoms with Crippen molar-refractivity contribution in [3.8, 4) is 0 Å². The molecular weight excluding hydrogens is 274 g/mol. The zero-order chi connectivity index (χ0) is 15.9. The van der Waals surface area contributed by atoms with Gasteiger partial charge in [0.25, 0.3) is 0 Å². The van der Waals surface area contributed by atoms with E-state index in [4.69, 9.17) is 4.74 Å². The molecule has 6 heteroatoms. The molecule has 120 valence electrons. The Balaban J connectivity index is 2.11. The molecule has 2 aliphatic carbocycles. The summed E-state index contributed by atoms with van der Waals surface area (Å²) in [6.45, 7) is 5.41. The van der Waals surface area contributed by atoms with Crippen LogP contribution in [0.3, 0.4) is 0 Å². The van der Waals surface area contributed by atoms with E-state index < -0.39 is 34.7 Å². The van der Waals surface area contributed by atoms with Crippen molar-refractivity contribution in [2.75, 3.05) is 7.11 Å². The maximum Gasteiger partial charge on any atom is 0.408 e. The maximum absolute atomic E-state index is 12.1. The number of amides is 1. The van der Waals surface area contributed by atoms with Gasteiger partial charge >= 0.3 is 12.1 Å². The summed E-state index contributed by atoms with van der Waals surface area (Å²) in [5.74, 6) is -0.634. The van der Waals surface area contributed by atoms with Crippen molar-refractivity contribution in [1.82, 2.24) is 5.32 Å². The van der Waals surface area contributed by atoms with Crippen LogP contribution < -0.4 is 5.32 Å². The van der Waals surface area contributed by atoms with Crippen molar-refractivity contribution in [3.63, 3.8) is 0 Å². The van der Waals surface area contributed by atoms with Gasteiger partial charge < -0.3 is 19.9 Å². The molecule has 2 rings (SSSR count). The van der Waals surface area contributed by atoms with Crippen molar-refractivity contribution in [3.05, 3.63) is 0 Å². The van der Waals surface area contributed by atoms with Gasteiger partial charge in [-0.2, -0.15) is 0 Å². The average Bonchev–Trinajstić information content (AvgIpc) is 3.11. The molecule has 0 heterocycles. The Hall–Kier alpha value is -1.30. The number of ether oxygens (including phenoxy) is 2. The van der Waals surface area contributed by atoms with E-state index in [-0.39, 0.29) is 0 Å². The third-order valence-electron chi connectivity index (χ3n) is 4.64. The Morgan fingerprint density at radius 2 is 1.76 bits per heavy atom. The van der Waals surface area contributed by atoms with E-state index in [0.29, 0.717) is 12.8 Å². The summed E-state index contributed by atoms with van der Waals surface area (Å²) in [5.41, 5.74) is -1.73. The number of rotatable bonds is 4. The van der Waals surface area contributed by atoms with Crippen LogP contribution in [0.15, 0.2) is 0 Å². The van der Waals surface area contributed by atoms with Crippen molar-refractivity contribution in [2.24, 2.45) is 5.41 Å². The fourth-order valence-electron chi connectivity index (χ4n) is 3.26. The minimum absolute atomic E-state index is 0.495. The van der Waals surface area contributed by atoms with Gasteiger partial charge in [0.2, 0.25) is 0 Å². The molecule has 0 aromatic heterocycles. The van der Waals surface area contributed by atoms with E-state index in [2.05, 4.69) is 10.1 Å². The van der Waals surface area contributed by atoms with Crippen LogP contribution in [0.2, 0.25) is 0 Å². The largest absolute Gasteiger partial charge is 0.467 e. The predicted octanol–water partition coefficient (Wildman–Crippen LogP) is 1.75. The van der Waals surface area contributed by atoms with Crippen LogP contribution in [0.25, 0.3) is 0 Å². The maximum atomic E-state index is 12.1. The van der Waals surface area contributed by atoms with E-state index in [1.807, 2.05) is 0 Å². The summed E-state index contributed by atoms with van der Waals surface area (Å²) in [5, 5.41) is 13.2. The molecule has 6 nitrogen and oxygen atoms in total. The molecule has 0 radical (unpaired) electrons. The lowest BCUT2D eigenvalue weighted by atomic mass is 9.63. The van der Waals surface area contributed by atoms with E-state index >= 15 is 0 Å². The van der Waals surface area contributed by atoms with Crippen LogP contribution in [0.4, 0.5) is 4.79 Å². The Kier molecular flexibility index (Phi) is 3.95. The van der Waals surface area contributed by atoms with Gasteiger partial charge in [0.1, 0.15) is 5.60 Å². The highest BCUT2D eigenvalue weighted by Crippen LogP contribution is 2.63. The van der Waals surface area contributed by atoms with Gasteiger partial charge in [-0.05, 0) is 52.9 Å². The fourth-order valence-corrected chi connectivity index (χ4v) is 3.26. The molecule has 0 aromatic carbocycles. The number of carbonyl (C=O) groups excluding carboxylic acids is 2. The Labute approximate surface area is 125 Å². The number of alkyl carbamates (subject to hydrolysis) is 1. The normalized spacial score (nSPS) is 23.5. The summed E-state index contributed by atoms with van der Waals surface area (Å²) in [6.07, 6.45) is 2.19.